The smallest absolute Gasteiger partial charge is 0.276 e. The van der Waals surface area contributed by atoms with Crippen molar-refractivity contribution in [2.45, 2.75) is 26.8 Å². The van der Waals surface area contributed by atoms with E-state index in [-0.39, 0.29) is 17.2 Å². The van der Waals surface area contributed by atoms with Crippen molar-refractivity contribution in [2.24, 2.45) is 0 Å². The number of amides is 1. The zero-order valence-corrected chi connectivity index (χ0v) is 11.6. The van der Waals surface area contributed by atoms with Gasteiger partial charge in [0.05, 0.1) is 0 Å². The lowest BCUT2D eigenvalue weighted by Crippen LogP contribution is -2.26. The van der Waals surface area contributed by atoms with Crippen molar-refractivity contribution in [3.05, 3.63) is 58.0 Å². The molecule has 0 radical (unpaired) electrons. The van der Waals surface area contributed by atoms with Gasteiger partial charge in [-0.1, -0.05) is 24.6 Å². The first-order valence-corrected chi connectivity index (χ1v) is 6.56. The maximum atomic E-state index is 12.1. The van der Waals surface area contributed by atoms with Gasteiger partial charge in [0, 0.05) is 18.3 Å². The molecule has 2 rings (SSSR count). The largest absolute Gasteiger partial charge is 0.321 e. The summed E-state index contributed by atoms with van der Waals surface area (Å²) < 4.78 is 1.31. The van der Waals surface area contributed by atoms with Gasteiger partial charge in [0.25, 0.3) is 11.5 Å². The highest BCUT2D eigenvalue weighted by Crippen LogP contribution is 2.09. The van der Waals surface area contributed by atoms with Gasteiger partial charge in [0.15, 0.2) is 0 Å². The first-order valence-electron chi connectivity index (χ1n) is 6.56. The third-order valence-electron chi connectivity index (χ3n) is 2.84. The molecule has 5 heteroatoms. The molecular formula is C15H17N3O2. The molecule has 0 unspecified atom stereocenters. The molecule has 0 saturated heterocycles. The van der Waals surface area contributed by atoms with Crippen molar-refractivity contribution >= 4 is 11.6 Å². The van der Waals surface area contributed by atoms with Crippen molar-refractivity contribution < 1.29 is 4.79 Å². The van der Waals surface area contributed by atoms with Crippen LogP contribution in [0, 0.1) is 6.92 Å². The summed E-state index contributed by atoms with van der Waals surface area (Å²) in [5.74, 6) is -0.321. The van der Waals surface area contributed by atoms with E-state index in [4.69, 9.17) is 0 Å². The lowest BCUT2D eigenvalue weighted by atomic mass is 10.2. The Hall–Kier alpha value is -2.43. The zero-order valence-electron chi connectivity index (χ0n) is 11.6. The van der Waals surface area contributed by atoms with Crippen LogP contribution in [0.15, 0.2) is 41.2 Å². The molecular weight excluding hydrogens is 254 g/mol. The van der Waals surface area contributed by atoms with E-state index in [0.29, 0.717) is 12.2 Å². The summed E-state index contributed by atoms with van der Waals surface area (Å²) in [6.45, 7) is 4.44. The SMILES string of the molecule is CCCn1nc(C(=O)Nc2ccc(C)cc2)ccc1=O. The van der Waals surface area contributed by atoms with Crippen molar-refractivity contribution in [3.63, 3.8) is 0 Å². The molecule has 0 spiro atoms. The topological polar surface area (TPSA) is 64.0 Å². The van der Waals surface area contributed by atoms with Crippen molar-refractivity contribution in [1.29, 1.82) is 0 Å². The van der Waals surface area contributed by atoms with Gasteiger partial charge in [-0.15, -0.1) is 0 Å². The van der Waals surface area contributed by atoms with Gasteiger partial charge in [0.2, 0.25) is 0 Å². The Morgan fingerprint density at radius 2 is 1.90 bits per heavy atom. The van der Waals surface area contributed by atoms with E-state index >= 15 is 0 Å². The van der Waals surface area contributed by atoms with Gasteiger partial charge in [-0.3, -0.25) is 9.59 Å². The number of rotatable bonds is 4. The minimum Gasteiger partial charge on any atom is -0.321 e. The Morgan fingerprint density at radius 1 is 1.20 bits per heavy atom. The van der Waals surface area contributed by atoms with E-state index in [1.165, 1.54) is 16.8 Å². The van der Waals surface area contributed by atoms with Crippen molar-refractivity contribution in [1.82, 2.24) is 9.78 Å². The highest BCUT2D eigenvalue weighted by Gasteiger charge is 2.09. The number of anilines is 1. The Morgan fingerprint density at radius 3 is 2.55 bits per heavy atom. The van der Waals surface area contributed by atoms with Crippen LogP contribution in [-0.2, 0) is 6.54 Å². The first kappa shape index (κ1) is 14.0. The molecule has 0 aliphatic heterocycles. The Labute approximate surface area is 117 Å². The normalized spacial score (nSPS) is 10.3. The molecule has 20 heavy (non-hydrogen) atoms. The number of hydrogen-bond acceptors (Lipinski definition) is 3. The van der Waals surface area contributed by atoms with Crippen LogP contribution >= 0.6 is 0 Å². The fourth-order valence-electron chi connectivity index (χ4n) is 1.77. The van der Waals surface area contributed by atoms with Crippen molar-refractivity contribution in [2.75, 3.05) is 5.32 Å². The van der Waals surface area contributed by atoms with E-state index in [1.54, 1.807) is 0 Å². The highest BCUT2D eigenvalue weighted by atomic mass is 16.2. The molecule has 1 N–H and O–H groups in total. The lowest BCUT2D eigenvalue weighted by molar-refractivity contribution is 0.102. The predicted octanol–water partition coefficient (Wildman–Crippen LogP) is 2.21. The summed E-state index contributed by atoms with van der Waals surface area (Å²) in [4.78, 5) is 23.6. The second-order valence-corrected chi connectivity index (χ2v) is 4.60. The van der Waals surface area contributed by atoms with Crippen LogP contribution in [0.1, 0.15) is 29.4 Å². The summed E-state index contributed by atoms with van der Waals surface area (Å²) in [5, 5.41) is 6.83. The maximum Gasteiger partial charge on any atom is 0.276 e. The fourth-order valence-corrected chi connectivity index (χ4v) is 1.77. The molecule has 1 heterocycles. The number of nitrogens with zero attached hydrogens (tertiary/aromatic N) is 2. The van der Waals surface area contributed by atoms with Crippen LogP contribution in [0.5, 0.6) is 0 Å². The lowest BCUT2D eigenvalue weighted by Gasteiger charge is -2.07. The average molecular weight is 271 g/mol. The summed E-state index contributed by atoms with van der Waals surface area (Å²) in [6.07, 6.45) is 0.788. The molecule has 0 atom stereocenters. The van der Waals surface area contributed by atoms with E-state index in [2.05, 4.69) is 10.4 Å². The number of carbonyl (C=O) groups is 1. The fraction of sp³-hybridized carbons (Fsp3) is 0.267. The second kappa shape index (κ2) is 6.14. The quantitative estimate of drug-likeness (QED) is 0.927. The van der Waals surface area contributed by atoms with Gasteiger partial charge in [-0.05, 0) is 31.5 Å². The number of nitrogens with one attached hydrogen (secondary N) is 1. The Bertz CT molecular complexity index is 660. The molecule has 1 amide bonds. The van der Waals surface area contributed by atoms with Crippen LogP contribution in [-0.4, -0.2) is 15.7 Å². The monoisotopic (exact) mass is 271 g/mol. The molecule has 5 nitrogen and oxygen atoms in total. The standard InChI is InChI=1S/C15H17N3O2/c1-3-10-18-14(19)9-8-13(17-18)15(20)16-12-6-4-11(2)5-7-12/h4-9H,3,10H2,1-2H3,(H,16,20). The molecule has 0 aliphatic rings. The number of aromatic nitrogens is 2. The van der Waals surface area contributed by atoms with E-state index in [0.717, 1.165) is 12.0 Å². The van der Waals surface area contributed by atoms with Crippen LogP contribution in [0.2, 0.25) is 0 Å². The minimum atomic E-state index is -0.321. The summed E-state index contributed by atoms with van der Waals surface area (Å²) in [5.41, 5.74) is 1.87. The van der Waals surface area contributed by atoms with Gasteiger partial charge in [-0.2, -0.15) is 5.10 Å². The summed E-state index contributed by atoms with van der Waals surface area (Å²) in [7, 11) is 0. The van der Waals surface area contributed by atoms with Gasteiger partial charge in [0.1, 0.15) is 5.69 Å². The molecule has 0 aliphatic carbocycles. The second-order valence-electron chi connectivity index (χ2n) is 4.60. The molecule has 104 valence electrons. The molecule has 0 bridgehead atoms. The van der Waals surface area contributed by atoms with E-state index < -0.39 is 0 Å². The van der Waals surface area contributed by atoms with Crippen molar-refractivity contribution in [3.8, 4) is 0 Å². The molecule has 1 aromatic carbocycles. The minimum absolute atomic E-state index is 0.196. The van der Waals surface area contributed by atoms with Gasteiger partial charge < -0.3 is 5.32 Å². The number of aryl methyl sites for hydroxylation is 2. The van der Waals surface area contributed by atoms with E-state index in [9.17, 15) is 9.59 Å². The van der Waals surface area contributed by atoms with Crippen LogP contribution in [0.3, 0.4) is 0 Å². The first-order chi connectivity index (χ1) is 9.60. The molecule has 0 saturated carbocycles. The molecule has 0 fully saturated rings. The summed E-state index contributed by atoms with van der Waals surface area (Å²) in [6, 6.07) is 10.3. The summed E-state index contributed by atoms with van der Waals surface area (Å²) >= 11 is 0. The van der Waals surface area contributed by atoms with Gasteiger partial charge >= 0.3 is 0 Å². The number of carbonyl (C=O) groups excluding carboxylic acids is 1. The van der Waals surface area contributed by atoms with Gasteiger partial charge in [-0.25, -0.2) is 4.68 Å². The predicted molar refractivity (Wildman–Crippen MR) is 77.9 cm³/mol. The zero-order chi connectivity index (χ0) is 14.5. The average Bonchev–Trinajstić information content (AvgIpc) is 2.44. The Balaban J connectivity index is 2.18. The number of benzene rings is 1. The molecule has 2 aromatic rings. The van der Waals surface area contributed by atoms with Crippen LogP contribution < -0.4 is 10.9 Å². The van der Waals surface area contributed by atoms with E-state index in [1.807, 2.05) is 38.1 Å². The molecule has 1 aromatic heterocycles. The van der Waals surface area contributed by atoms with Crippen LogP contribution in [0.25, 0.3) is 0 Å². The third kappa shape index (κ3) is 3.32. The Kier molecular flexibility index (Phi) is 4.30. The highest BCUT2D eigenvalue weighted by molar-refractivity contribution is 6.02. The maximum absolute atomic E-state index is 12.1. The van der Waals surface area contributed by atoms with Crippen LogP contribution in [0.4, 0.5) is 5.69 Å². The third-order valence-corrected chi connectivity index (χ3v) is 2.84. The number of hydrogen-bond donors (Lipinski definition) is 1.